The van der Waals surface area contributed by atoms with E-state index in [4.69, 9.17) is 24.4 Å². The largest absolute Gasteiger partial charge is 0.493 e. The fraction of sp³-hybridized carbons (Fsp3) is 0.500. The van der Waals surface area contributed by atoms with Crippen LogP contribution in [-0.4, -0.2) is 56.3 Å². The van der Waals surface area contributed by atoms with Crippen molar-refractivity contribution in [2.45, 2.75) is 6.54 Å². The van der Waals surface area contributed by atoms with E-state index in [-0.39, 0.29) is 6.61 Å². The maximum Gasteiger partial charge on any atom is 0.341 e. The van der Waals surface area contributed by atoms with Gasteiger partial charge in [-0.05, 0) is 17.7 Å². The number of carboxylic acids is 1. The average Bonchev–Trinajstić information content (AvgIpc) is 2.49. The highest BCUT2D eigenvalue weighted by Gasteiger charge is 2.07. The maximum atomic E-state index is 10.5. The van der Waals surface area contributed by atoms with Gasteiger partial charge in [0.05, 0.1) is 26.9 Å². The fourth-order valence-corrected chi connectivity index (χ4v) is 1.62. The van der Waals surface area contributed by atoms with Gasteiger partial charge in [-0.15, -0.1) is 0 Å². The number of hydrogen-bond acceptors (Lipinski definition) is 6. The van der Waals surface area contributed by atoms with Gasteiger partial charge < -0.3 is 29.7 Å². The van der Waals surface area contributed by atoms with Crippen LogP contribution in [-0.2, 0) is 16.1 Å². The molecule has 0 spiro atoms. The van der Waals surface area contributed by atoms with Crippen molar-refractivity contribution in [3.63, 3.8) is 0 Å². The number of carbonyl (C=O) groups is 1. The number of aliphatic hydroxyl groups excluding tert-OH is 1. The lowest BCUT2D eigenvalue weighted by Gasteiger charge is -2.11. The number of aliphatic carboxylic acids is 1. The second-order valence-electron chi connectivity index (χ2n) is 4.18. The molecule has 0 unspecified atom stereocenters. The highest BCUT2D eigenvalue weighted by Crippen LogP contribution is 2.27. The summed E-state index contributed by atoms with van der Waals surface area (Å²) in [5.74, 6) is -0.146. The number of nitrogens with one attached hydrogen (secondary N) is 1. The molecular formula is C14H21NO6. The van der Waals surface area contributed by atoms with Gasteiger partial charge in [-0.2, -0.15) is 0 Å². The van der Waals surface area contributed by atoms with Crippen molar-refractivity contribution in [1.29, 1.82) is 0 Å². The minimum atomic E-state index is -1.04. The lowest BCUT2D eigenvalue weighted by molar-refractivity contribution is -0.139. The van der Waals surface area contributed by atoms with Crippen molar-refractivity contribution in [2.24, 2.45) is 0 Å². The molecule has 0 aliphatic carbocycles. The minimum Gasteiger partial charge on any atom is -0.493 e. The van der Waals surface area contributed by atoms with Gasteiger partial charge in [-0.1, -0.05) is 6.07 Å². The molecule has 118 valence electrons. The summed E-state index contributed by atoms with van der Waals surface area (Å²) in [4.78, 5) is 10.5. The van der Waals surface area contributed by atoms with Crippen LogP contribution in [0.25, 0.3) is 0 Å². The Morgan fingerprint density at radius 1 is 1.29 bits per heavy atom. The Morgan fingerprint density at radius 2 is 2.10 bits per heavy atom. The molecule has 21 heavy (non-hydrogen) atoms. The van der Waals surface area contributed by atoms with Crippen LogP contribution in [0, 0.1) is 0 Å². The van der Waals surface area contributed by atoms with Crippen LogP contribution in [0.2, 0.25) is 0 Å². The van der Waals surface area contributed by atoms with E-state index < -0.39 is 12.6 Å². The van der Waals surface area contributed by atoms with E-state index in [0.29, 0.717) is 37.8 Å². The third-order valence-corrected chi connectivity index (χ3v) is 2.57. The summed E-state index contributed by atoms with van der Waals surface area (Å²) in [6, 6.07) is 5.31. The summed E-state index contributed by atoms with van der Waals surface area (Å²) in [5, 5.41) is 20.3. The van der Waals surface area contributed by atoms with Gasteiger partial charge in [0, 0.05) is 13.1 Å². The van der Waals surface area contributed by atoms with Crippen molar-refractivity contribution >= 4 is 5.97 Å². The average molecular weight is 299 g/mol. The zero-order valence-corrected chi connectivity index (χ0v) is 12.0. The minimum absolute atomic E-state index is 0.0228. The highest BCUT2D eigenvalue weighted by atomic mass is 16.5. The molecule has 0 radical (unpaired) electrons. The van der Waals surface area contributed by atoms with E-state index in [2.05, 4.69) is 5.32 Å². The zero-order valence-electron chi connectivity index (χ0n) is 12.0. The third-order valence-electron chi connectivity index (χ3n) is 2.57. The van der Waals surface area contributed by atoms with E-state index in [0.717, 1.165) is 5.56 Å². The molecule has 7 heteroatoms. The summed E-state index contributed by atoms with van der Waals surface area (Å²) < 4.78 is 15.4. The van der Waals surface area contributed by atoms with Gasteiger partial charge >= 0.3 is 5.97 Å². The van der Waals surface area contributed by atoms with Gasteiger partial charge in [0.2, 0.25) is 0 Å². The molecule has 0 saturated carbocycles. The van der Waals surface area contributed by atoms with Crippen molar-refractivity contribution in [3.05, 3.63) is 23.8 Å². The van der Waals surface area contributed by atoms with Gasteiger partial charge in [-0.25, -0.2) is 4.79 Å². The van der Waals surface area contributed by atoms with E-state index in [9.17, 15) is 4.79 Å². The van der Waals surface area contributed by atoms with Gasteiger partial charge in [-0.3, -0.25) is 0 Å². The predicted octanol–water partition coefficient (Wildman–Crippen LogP) is 0.257. The van der Waals surface area contributed by atoms with E-state index in [1.54, 1.807) is 12.1 Å². The normalized spacial score (nSPS) is 10.4. The first-order chi connectivity index (χ1) is 10.2. The standard InChI is InChI=1S/C14H21NO6/c1-19-13-8-11(9-15-4-6-20-7-5-16)2-3-12(13)21-10-14(17)18/h2-3,8,15-16H,4-7,9-10H2,1H3,(H,17,18). The molecule has 0 fully saturated rings. The Kier molecular flexibility index (Phi) is 8.18. The zero-order chi connectivity index (χ0) is 15.5. The Labute approximate surface area is 123 Å². The molecular weight excluding hydrogens is 278 g/mol. The first-order valence-corrected chi connectivity index (χ1v) is 6.58. The molecule has 0 aliphatic rings. The number of rotatable bonds is 11. The first kappa shape index (κ1) is 17.2. The highest BCUT2D eigenvalue weighted by molar-refractivity contribution is 5.68. The first-order valence-electron chi connectivity index (χ1n) is 6.58. The van der Waals surface area contributed by atoms with Gasteiger partial charge in [0.1, 0.15) is 0 Å². The molecule has 7 nitrogen and oxygen atoms in total. The SMILES string of the molecule is COc1cc(CNCCOCCO)ccc1OCC(=O)O. The lowest BCUT2D eigenvalue weighted by Crippen LogP contribution is -2.20. The molecule has 0 amide bonds. The fourth-order valence-electron chi connectivity index (χ4n) is 1.62. The molecule has 0 atom stereocenters. The molecule has 0 aromatic heterocycles. The molecule has 0 saturated heterocycles. The van der Waals surface area contributed by atoms with Crippen molar-refractivity contribution in [2.75, 3.05) is 40.1 Å². The van der Waals surface area contributed by atoms with Crippen LogP contribution >= 0.6 is 0 Å². The van der Waals surface area contributed by atoms with E-state index in [1.165, 1.54) is 7.11 Å². The Balaban J connectivity index is 2.43. The van der Waals surface area contributed by atoms with Crippen LogP contribution in [0.5, 0.6) is 11.5 Å². The number of ether oxygens (including phenoxy) is 3. The molecule has 0 bridgehead atoms. The number of benzene rings is 1. The lowest BCUT2D eigenvalue weighted by atomic mass is 10.2. The van der Waals surface area contributed by atoms with Crippen molar-refractivity contribution in [1.82, 2.24) is 5.32 Å². The number of methoxy groups -OCH3 is 1. The van der Waals surface area contributed by atoms with Crippen LogP contribution in [0.3, 0.4) is 0 Å². The molecule has 1 aromatic carbocycles. The Morgan fingerprint density at radius 3 is 2.76 bits per heavy atom. The van der Waals surface area contributed by atoms with Crippen LogP contribution in [0.4, 0.5) is 0 Å². The number of aliphatic hydroxyl groups is 1. The van der Waals surface area contributed by atoms with E-state index in [1.807, 2.05) is 6.07 Å². The predicted molar refractivity (Wildman–Crippen MR) is 75.7 cm³/mol. The van der Waals surface area contributed by atoms with Crippen LogP contribution < -0.4 is 14.8 Å². The van der Waals surface area contributed by atoms with Crippen molar-refractivity contribution in [3.8, 4) is 11.5 Å². The van der Waals surface area contributed by atoms with Crippen LogP contribution in [0.1, 0.15) is 5.56 Å². The Bertz CT molecular complexity index is 437. The van der Waals surface area contributed by atoms with Gasteiger partial charge in [0.15, 0.2) is 18.1 Å². The summed E-state index contributed by atoms with van der Waals surface area (Å²) in [6.07, 6.45) is 0. The topological polar surface area (TPSA) is 97.3 Å². The molecule has 0 heterocycles. The molecule has 3 N–H and O–H groups in total. The third kappa shape index (κ3) is 6.94. The summed E-state index contributed by atoms with van der Waals surface area (Å²) >= 11 is 0. The summed E-state index contributed by atoms with van der Waals surface area (Å²) in [6.45, 7) is 1.77. The second-order valence-corrected chi connectivity index (χ2v) is 4.18. The quantitative estimate of drug-likeness (QED) is 0.504. The van der Waals surface area contributed by atoms with E-state index >= 15 is 0 Å². The summed E-state index contributed by atoms with van der Waals surface area (Å²) in [5.41, 5.74) is 0.983. The monoisotopic (exact) mass is 299 g/mol. The molecule has 0 aliphatic heterocycles. The van der Waals surface area contributed by atoms with Gasteiger partial charge in [0.25, 0.3) is 0 Å². The summed E-state index contributed by atoms with van der Waals surface area (Å²) in [7, 11) is 1.50. The second kappa shape index (κ2) is 9.98. The number of hydrogen-bond donors (Lipinski definition) is 3. The molecule has 1 aromatic rings. The Hall–Kier alpha value is -1.83. The number of carboxylic acid groups (broad SMARTS) is 1. The molecule has 1 rings (SSSR count). The maximum absolute atomic E-state index is 10.5. The smallest absolute Gasteiger partial charge is 0.341 e. The van der Waals surface area contributed by atoms with Crippen molar-refractivity contribution < 1.29 is 29.2 Å². The van der Waals surface area contributed by atoms with Crippen LogP contribution in [0.15, 0.2) is 18.2 Å².